The van der Waals surface area contributed by atoms with Crippen LogP contribution in [-0.4, -0.2) is 5.97 Å². The van der Waals surface area contributed by atoms with Crippen LogP contribution in [0.5, 0.6) is 0 Å². The average Bonchev–Trinajstić information content (AvgIpc) is 2.32. The number of carbonyl (C=O) groups is 1. The molecule has 1 aliphatic carbocycles. The Hall–Kier alpha value is 0.170. The Labute approximate surface area is 88.3 Å². The lowest BCUT2D eigenvalue weighted by atomic mass is 10.1. The highest BCUT2D eigenvalue weighted by molar-refractivity contribution is 9.28. The standard InChI is InChI=1S/C8H10Br2O2/c1-8(2)4(3-5(9)10)6(8)7(11)12/h3-4,6H,1-2H3,(H,11,12)/p-1. The first-order chi connectivity index (χ1) is 5.37. The van der Waals surface area contributed by atoms with E-state index in [2.05, 4.69) is 31.9 Å². The molecule has 0 radical (unpaired) electrons. The van der Waals surface area contributed by atoms with Gasteiger partial charge in [0, 0.05) is 11.9 Å². The molecule has 4 heteroatoms. The monoisotopic (exact) mass is 295 g/mol. The first kappa shape index (κ1) is 10.3. The van der Waals surface area contributed by atoms with Crippen molar-refractivity contribution < 1.29 is 9.90 Å². The van der Waals surface area contributed by atoms with E-state index in [1.807, 2.05) is 19.9 Å². The highest BCUT2D eigenvalue weighted by Crippen LogP contribution is 2.59. The van der Waals surface area contributed by atoms with Crippen molar-refractivity contribution in [2.24, 2.45) is 17.3 Å². The van der Waals surface area contributed by atoms with Gasteiger partial charge in [-0.3, -0.25) is 0 Å². The molecule has 0 saturated heterocycles. The fourth-order valence-corrected chi connectivity index (χ4v) is 2.14. The molecule has 0 aromatic heterocycles. The normalized spacial score (nSPS) is 31.0. The van der Waals surface area contributed by atoms with Crippen molar-refractivity contribution in [1.82, 2.24) is 0 Å². The summed E-state index contributed by atoms with van der Waals surface area (Å²) in [5.74, 6) is -1.22. The SMILES string of the molecule is CC1(C)C(C=C(Br)Br)C1C(=O)[O-]. The molecule has 1 fully saturated rings. The molecular formula is C8H9Br2O2-. The van der Waals surface area contributed by atoms with Crippen molar-refractivity contribution in [3.8, 4) is 0 Å². The predicted molar refractivity (Wildman–Crippen MR) is 51.7 cm³/mol. The van der Waals surface area contributed by atoms with Crippen molar-refractivity contribution in [3.63, 3.8) is 0 Å². The summed E-state index contributed by atoms with van der Waals surface area (Å²) in [6, 6.07) is 0. The second kappa shape index (κ2) is 3.14. The van der Waals surface area contributed by atoms with Crippen LogP contribution in [0.2, 0.25) is 0 Å². The van der Waals surface area contributed by atoms with Crippen LogP contribution in [-0.2, 0) is 4.79 Å². The van der Waals surface area contributed by atoms with Gasteiger partial charge in [-0.1, -0.05) is 19.9 Å². The van der Waals surface area contributed by atoms with Gasteiger partial charge < -0.3 is 9.90 Å². The number of carboxylic acid groups (broad SMARTS) is 1. The van der Waals surface area contributed by atoms with E-state index in [0.29, 0.717) is 0 Å². The summed E-state index contributed by atoms with van der Waals surface area (Å²) in [5, 5.41) is 10.6. The summed E-state index contributed by atoms with van der Waals surface area (Å²) < 4.78 is 0.803. The topological polar surface area (TPSA) is 40.1 Å². The fourth-order valence-electron chi connectivity index (χ4n) is 1.57. The molecule has 0 aromatic carbocycles. The molecule has 12 heavy (non-hydrogen) atoms. The van der Waals surface area contributed by atoms with E-state index in [0.717, 1.165) is 3.39 Å². The van der Waals surface area contributed by atoms with Gasteiger partial charge in [0.15, 0.2) is 0 Å². The molecule has 2 atom stereocenters. The lowest BCUT2D eigenvalue weighted by Gasteiger charge is -2.01. The van der Waals surface area contributed by atoms with Gasteiger partial charge in [0.1, 0.15) is 0 Å². The molecule has 0 N–H and O–H groups in total. The molecule has 2 nitrogen and oxygen atoms in total. The molecular weight excluding hydrogens is 288 g/mol. The molecule has 1 rings (SSSR count). The lowest BCUT2D eigenvalue weighted by Crippen LogP contribution is -2.26. The smallest absolute Gasteiger partial charge is 0.0567 e. The summed E-state index contributed by atoms with van der Waals surface area (Å²) in [6.07, 6.45) is 1.86. The fraction of sp³-hybridized carbons (Fsp3) is 0.625. The Bertz CT molecular complexity index is 241. The molecule has 1 aliphatic rings. The first-order valence-corrected chi connectivity index (χ1v) is 5.19. The number of carbonyl (C=O) groups excluding carboxylic acids is 1. The van der Waals surface area contributed by atoms with E-state index in [4.69, 9.17) is 0 Å². The van der Waals surface area contributed by atoms with Crippen LogP contribution >= 0.6 is 31.9 Å². The molecule has 1 saturated carbocycles. The molecule has 0 heterocycles. The first-order valence-electron chi connectivity index (χ1n) is 3.61. The lowest BCUT2D eigenvalue weighted by molar-refractivity contribution is -0.308. The zero-order valence-electron chi connectivity index (χ0n) is 6.80. The van der Waals surface area contributed by atoms with Crippen molar-refractivity contribution in [3.05, 3.63) is 9.47 Å². The van der Waals surface area contributed by atoms with Crippen molar-refractivity contribution >= 4 is 37.8 Å². The van der Waals surface area contributed by atoms with Gasteiger partial charge in [0.25, 0.3) is 0 Å². The van der Waals surface area contributed by atoms with Gasteiger partial charge in [-0.15, -0.1) is 0 Å². The third-order valence-electron chi connectivity index (χ3n) is 2.47. The quantitative estimate of drug-likeness (QED) is 0.777. The Morgan fingerprint density at radius 2 is 2.00 bits per heavy atom. The minimum absolute atomic E-state index is 0.0799. The number of hydrogen-bond donors (Lipinski definition) is 0. The largest absolute Gasteiger partial charge is 0.550 e. The Balaban J connectivity index is 2.73. The second-order valence-corrected chi connectivity index (χ2v) is 6.37. The average molecular weight is 297 g/mol. The van der Waals surface area contributed by atoms with Crippen molar-refractivity contribution in [2.45, 2.75) is 13.8 Å². The maximum atomic E-state index is 10.6. The third-order valence-corrected chi connectivity index (χ3v) is 3.00. The zero-order chi connectivity index (χ0) is 9.52. The number of aliphatic carboxylic acids is 1. The molecule has 0 aromatic rings. The maximum Gasteiger partial charge on any atom is 0.0567 e. The summed E-state index contributed by atoms with van der Waals surface area (Å²) in [4.78, 5) is 10.6. The van der Waals surface area contributed by atoms with Crippen LogP contribution < -0.4 is 5.11 Å². The third kappa shape index (κ3) is 1.74. The second-order valence-electron chi connectivity index (χ2n) is 3.60. The molecule has 0 aliphatic heterocycles. The van der Waals surface area contributed by atoms with Crippen LogP contribution in [0.1, 0.15) is 13.8 Å². The van der Waals surface area contributed by atoms with Crippen LogP contribution in [0, 0.1) is 17.3 Å². The van der Waals surface area contributed by atoms with E-state index in [-0.39, 0.29) is 17.3 Å². The number of carboxylic acids is 1. The van der Waals surface area contributed by atoms with Gasteiger partial charge in [-0.25, -0.2) is 0 Å². The summed E-state index contributed by atoms with van der Waals surface area (Å²) in [6.45, 7) is 3.86. The predicted octanol–water partition coefficient (Wildman–Crippen LogP) is 1.64. The van der Waals surface area contributed by atoms with Crippen molar-refractivity contribution in [1.29, 1.82) is 0 Å². The van der Waals surface area contributed by atoms with E-state index >= 15 is 0 Å². The van der Waals surface area contributed by atoms with E-state index < -0.39 is 5.97 Å². The Morgan fingerprint density at radius 1 is 1.50 bits per heavy atom. The van der Waals surface area contributed by atoms with Crippen LogP contribution in [0.4, 0.5) is 0 Å². The summed E-state index contributed by atoms with van der Waals surface area (Å²) in [7, 11) is 0. The van der Waals surface area contributed by atoms with Gasteiger partial charge in [0.05, 0.1) is 3.39 Å². The summed E-state index contributed by atoms with van der Waals surface area (Å²) >= 11 is 6.42. The van der Waals surface area contributed by atoms with Crippen molar-refractivity contribution in [2.75, 3.05) is 0 Å². The van der Waals surface area contributed by atoms with E-state index in [1.165, 1.54) is 0 Å². The van der Waals surface area contributed by atoms with Crippen LogP contribution in [0.3, 0.4) is 0 Å². The minimum Gasteiger partial charge on any atom is -0.550 e. The number of allylic oxidation sites excluding steroid dienone is 1. The van der Waals surface area contributed by atoms with Gasteiger partial charge >= 0.3 is 0 Å². The van der Waals surface area contributed by atoms with E-state index in [1.54, 1.807) is 0 Å². The number of rotatable bonds is 2. The highest BCUT2D eigenvalue weighted by atomic mass is 79.9. The molecule has 68 valence electrons. The van der Waals surface area contributed by atoms with Crippen LogP contribution in [0.15, 0.2) is 9.47 Å². The van der Waals surface area contributed by atoms with Crippen LogP contribution in [0.25, 0.3) is 0 Å². The molecule has 0 amide bonds. The van der Waals surface area contributed by atoms with Gasteiger partial charge in [-0.05, 0) is 43.2 Å². The summed E-state index contributed by atoms with van der Waals surface area (Å²) in [5.41, 5.74) is -0.161. The zero-order valence-corrected chi connectivity index (χ0v) is 9.98. The Kier molecular flexibility index (Phi) is 2.69. The highest BCUT2D eigenvalue weighted by Gasteiger charge is 2.57. The number of halogens is 2. The van der Waals surface area contributed by atoms with E-state index in [9.17, 15) is 9.90 Å². The van der Waals surface area contributed by atoms with Gasteiger partial charge in [0.2, 0.25) is 0 Å². The Morgan fingerprint density at radius 3 is 2.25 bits per heavy atom. The number of hydrogen-bond acceptors (Lipinski definition) is 2. The molecule has 0 bridgehead atoms. The molecule has 2 unspecified atom stereocenters. The minimum atomic E-state index is -0.956. The van der Waals surface area contributed by atoms with Gasteiger partial charge in [-0.2, -0.15) is 0 Å². The maximum absolute atomic E-state index is 10.6. The molecule has 0 spiro atoms.